The molecular weight excluding hydrogens is 288 g/mol. The monoisotopic (exact) mass is 308 g/mol. The lowest BCUT2D eigenvalue weighted by molar-refractivity contribution is -0.142. The number of carbonyl (C=O) groups is 3. The number of nitrogens with two attached hydrogens (primary N) is 1. The van der Waals surface area contributed by atoms with Crippen LogP contribution >= 0.6 is 0 Å². The number of hydrogen-bond donors (Lipinski definition) is 3. The molecule has 0 radical (unpaired) electrons. The van der Waals surface area contributed by atoms with Crippen molar-refractivity contribution < 1.29 is 24.2 Å². The van der Waals surface area contributed by atoms with Crippen molar-refractivity contribution >= 4 is 17.8 Å². The first kappa shape index (κ1) is 17.5. The van der Waals surface area contributed by atoms with Gasteiger partial charge in [-0.1, -0.05) is 12.1 Å². The smallest absolute Gasteiger partial charge is 0.326 e. The van der Waals surface area contributed by atoms with Gasteiger partial charge in [0.25, 0.3) is 0 Å². The van der Waals surface area contributed by atoms with Crippen LogP contribution in [0.5, 0.6) is 5.75 Å². The standard InChI is InChI=1S/C15H20N2O5/c1-2-22-11-5-3-10(4-6-11)9-14(19)17-12(15(20)21)7-8-13(16)18/h3-6,12H,2,7-9H2,1H3,(H2,16,18)(H,17,19)(H,20,21). The zero-order chi connectivity index (χ0) is 16.5. The maximum Gasteiger partial charge on any atom is 0.326 e. The number of nitrogens with one attached hydrogen (secondary N) is 1. The summed E-state index contributed by atoms with van der Waals surface area (Å²) in [7, 11) is 0. The van der Waals surface area contributed by atoms with Crippen molar-refractivity contribution in [2.75, 3.05) is 6.61 Å². The molecule has 22 heavy (non-hydrogen) atoms. The summed E-state index contributed by atoms with van der Waals surface area (Å²) >= 11 is 0. The minimum absolute atomic E-state index is 0.0281. The van der Waals surface area contributed by atoms with Gasteiger partial charge in [-0.2, -0.15) is 0 Å². The third kappa shape index (κ3) is 6.25. The first-order chi connectivity index (χ1) is 10.4. The van der Waals surface area contributed by atoms with Gasteiger partial charge in [-0.25, -0.2) is 4.79 Å². The number of carbonyl (C=O) groups excluding carboxylic acids is 2. The van der Waals surface area contributed by atoms with Gasteiger partial charge in [0.15, 0.2) is 0 Å². The van der Waals surface area contributed by atoms with Crippen LogP contribution in [0.1, 0.15) is 25.3 Å². The van der Waals surface area contributed by atoms with E-state index in [0.717, 1.165) is 5.56 Å². The van der Waals surface area contributed by atoms with Crippen LogP contribution in [0.3, 0.4) is 0 Å². The molecule has 1 unspecified atom stereocenters. The van der Waals surface area contributed by atoms with Crippen molar-refractivity contribution in [3.05, 3.63) is 29.8 Å². The normalized spacial score (nSPS) is 11.5. The molecule has 0 aliphatic carbocycles. The van der Waals surface area contributed by atoms with E-state index >= 15 is 0 Å². The zero-order valence-corrected chi connectivity index (χ0v) is 12.4. The SMILES string of the molecule is CCOc1ccc(CC(=O)NC(CCC(N)=O)C(=O)O)cc1. The fourth-order valence-electron chi connectivity index (χ4n) is 1.84. The van der Waals surface area contributed by atoms with Gasteiger partial charge in [0.2, 0.25) is 11.8 Å². The Labute approximate surface area is 128 Å². The molecule has 1 rings (SSSR count). The van der Waals surface area contributed by atoms with Crippen LogP contribution in [0.4, 0.5) is 0 Å². The predicted octanol–water partition coefficient (Wildman–Crippen LogP) is 0.463. The van der Waals surface area contributed by atoms with Crippen molar-refractivity contribution in [1.82, 2.24) is 5.32 Å². The number of carboxylic acid groups (broad SMARTS) is 1. The van der Waals surface area contributed by atoms with Crippen molar-refractivity contribution in [2.24, 2.45) is 5.73 Å². The predicted molar refractivity (Wildman–Crippen MR) is 79.3 cm³/mol. The van der Waals surface area contributed by atoms with Crippen molar-refractivity contribution in [3.63, 3.8) is 0 Å². The summed E-state index contributed by atoms with van der Waals surface area (Å²) in [6.45, 7) is 2.43. The first-order valence-corrected chi connectivity index (χ1v) is 6.94. The van der Waals surface area contributed by atoms with Gasteiger partial charge in [-0.05, 0) is 31.0 Å². The molecule has 1 aromatic rings. The van der Waals surface area contributed by atoms with E-state index in [1.54, 1.807) is 24.3 Å². The molecule has 0 aliphatic rings. The molecule has 0 aromatic heterocycles. The number of rotatable bonds is 9. The summed E-state index contributed by atoms with van der Waals surface area (Å²) in [4.78, 5) is 33.6. The third-order valence-corrected chi connectivity index (χ3v) is 2.91. The quantitative estimate of drug-likeness (QED) is 0.612. The van der Waals surface area contributed by atoms with Crippen molar-refractivity contribution in [2.45, 2.75) is 32.2 Å². The van der Waals surface area contributed by atoms with Gasteiger partial charge in [0.1, 0.15) is 11.8 Å². The van der Waals surface area contributed by atoms with Crippen LogP contribution in [0.2, 0.25) is 0 Å². The summed E-state index contributed by atoms with van der Waals surface area (Å²) < 4.78 is 5.29. The average molecular weight is 308 g/mol. The molecule has 7 nitrogen and oxygen atoms in total. The van der Waals surface area contributed by atoms with E-state index in [4.69, 9.17) is 15.6 Å². The molecule has 0 bridgehead atoms. The highest BCUT2D eigenvalue weighted by Crippen LogP contribution is 2.12. The van der Waals surface area contributed by atoms with E-state index in [1.807, 2.05) is 6.92 Å². The topological polar surface area (TPSA) is 119 Å². The Bertz CT molecular complexity index is 527. The molecule has 0 aliphatic heterocycles. The second kappa shape index (κ2) is 8.66. The fraction of sp³-hybridized carbons (Fsp3) is 0.400. The van der Waals surface area contributed by atoms with E-state index in [2.05, 4.69) is 5.32 Å². The molecule has 0 spiro atoms. The Morgan fingerprint density at radius 2 is 1.91 bits per heavy atom. The molecule has 7 heteroatoms. The van der Waals surface area contributed by atoms with Gasteiger partial charge in [-0.15, -0.1) is 0 Å². The first-order valence-electron chi connectivity index (χ1n) is 6.94. The number of carboxylic acids is 1. The summed E-state index contributed by atoms with van der Waals surface area (Å²) in [6, 6.07) is 5.85. The number of ether oxygens (including phenoxy) is 1. The number of aliphatic carboxylic acids is 1. The van der Waals surface area contributed by atoms with Crippen LogP contribution in [0.15, 0.2) is 24.3 Å². The highest BCUT2D eigenvalue weighted by molar-refractivity contribution is 5.85. The molecule has 4 N–H and O–H groups in total. The molecular formula is C15H20N2O5. The fourth-order valence-corrected chi connectivity index (χ4v) is 1.84. The lowest BCUT2D eigenvalue weighted by Gasteiger charge is -2.13. The van der Waals surface area contributed by atoms with E-state index in [-0.39, 0.29) is 19.3 Å². The molecule has 120 valence electrons. The number of benzene rings is 1. The minimum Gasteiger partial charge on any atom is -0.494 e. The van der Waals surface area contributed by atoms with Gasteiger partial charge < -0.3 is 20.9 Å². The molecule has 1 atom stereocenters. The van der Waals surface area contributed by atoms with Gasteiger partial charge >= 0.3 is 5.97 Å². The third-order valence-electron chi connectivity index (χ3n) is 2.91. The Hall–Kier alpha value is -2.57. The molecule has 1 aromatic carbocycles. The second-order valence-electron chi connectivity index (χ2n) is 4.72. The summed E-state index contributed by atoms with van der Waals surface area (Å²) in [5.74, 6) is -1.52. The van der Waals surface area contributed by atoms with Crippen LogP contribution < -0.4 is 15.8 Å². The highest BCUT2D eigenvalue weighted by atomic mass is 16.5. The zero-order valence-electron chi connectivity index (χ0n) is 12.4. The van der Waals surface area contributed by atoms with Crippen molar-refractivity contribution in [3.8, 4) is 5.75 Å². The highest BCUT2D eigenvalue weighted by Gasteiger charge is 2.20. The van der Waals surface area contributed by atoms with Crippen LogP contribution in [0, 0.1) is 0 Å². The van der Waals surface area contributed by atoms with Gasteiger partial charge in [-0.3, -0.25) is 9.59 Å². The van der Waals surface area contributed by atoms with E-state index in [0.29, 0.717) is 12.4 Å². The van der Waals surface area contributed by atoms with E-state index in [9.17, 15) is 14.4 Å². The lowest BCUT2D eigenvalue weighted by atomic mass is 10.1. The largest absolute Gasteiger partial charge is 0.494 e. The Balaban J connectivity index is 2.55. The Morgan fingerprint density at radius 3 is 2.41 bits per heavy atom. The summed E-state index contributed by atoms with van der Waals surface area (Å²) in [5, 5.41) is 11.4. The van der Waals surface area contributed by atoms with Gasteiger partial charge in [0.05, 0.1) is 13.0 Å². The van der Waals surface area contributed by atoms with Gasteiger partial charge in [0, 0.05) is 6.42 Å². The molecule has 0 saturated heterocycles. The maximum atomic E-state index is 11.9. The van der Waals surface area contributed by atoms with Crippen LogP contribution in [-0.4, -0.2) is 35.5 Å². The molecule has 0 saturated carbocycles. The van der Waals surface area contributed by atoms with E-state index < -0.39 is 23.8 Å². The number of hydrogen-bond acceptors (Lipinski definition) is 4. The Morgan fingerprint density at radius 1 is 1.27 bits per heavy atom. The van der Waals surface area contributed by atoms with E-state index in [1.165, 1.54) is 0 Å². The number of amides is 2. The van der Waals surface area contributed by atoms with Crippen molar-refractivity contribution in [1.29, 1.82) is 0 Å². The molecule has 2 amide bonds. The maximum absolute atomic E-state index is 11.9. The number of primary amides is 1. The minimum atomic E-state index is -1.19. The lowest BCUT2D eigenvalue weighted by Crippen LogP contribution is -2.42. The molecule has 0 fully saturated rings. The summed E-state index contributed by atoms with van der Waals surface area (Å²) in [6.07, 6.45) is -0.0766. The molecule has 0 heterocycles. The summed E-state index contributed by atoms with van der Waals surface area (Å²) in [5.41, 5.74) is 5.71. The van der Waals surface area contributed by atoms with Crippen LogP contribution in [-0.2, 0) is 20.8 Å². The van der Waals surface area contributed by atoms with Crippen LogP contribution in [0.25, 0.3) is 0 Å². The Kier molecular flexibility index (Phi) is 6.88. The second-order valence-corrected chi connectivity index (χ2v) is 4.72. The average Bonchev–Trinajstić information content (AvgIpc) is 2.45.